The second kappa shape index (κ2) is 10.3. The molecule has 1 aromatic rings. The van der Waals surface area contributed by atoms with Crippen LogP contribution in [0.3, 0.4) is 0 Å². The largest absolute Gasteiger partial charge is 0.352 e. The zero-order chi connectivity index (χ0) is 16.7. The van der Waals surface area contributed by atoms with E-state index in [4.69, 9.17) is 5.73 Å². The Morgan fingerprint density at radius 2 is 1.88 bits per heavy atom. The maximum Gasteiger partial charge on any atom is 0.223 e. The SMILES string of the molecule is CC(N)CCC(=O)N1CCC(C(=O)NCc2ccccc2)CC1.Cl. The lowest BCUT2D eigenvalue weighted by atomic mass is 9.95. The maximum absolute atomic E-state index is 12.2. The van der Waals surface area contributed by atoms with Crippen molar-refractivity contribution in [1.29, 1.82) is 0 Å². The molecule has 3 N–H and O–H groups in total. The lowest BCUT2D eigenvalue weighted by Gasteiger charge is -2.31. The Kier molecular flexibility index (Phi) is 8.79. The number of nitrogens with two attached hydrogens (primary N) is 1. The highest BCUT2D eigenvalue weighted by molar-refractivity contribution is 5.85. The summed E-state index contributed by atoms with van der Waals surface area (Å²) >= 11 is 0. The van der Waals surface area contributed by atoms with E-state index in [1.54, 1.807) is 0 Å². The van der Waals surface area contributed by atoms with Gasteiger partial charge in [-0.1, -0.05) is 30.3 Å². The van der Waals surface area contributed by atoms with Crippen molar-refractivity contribution in [2.75, 3.05) is 13.1 Å². The van der Waals surface area contributed by atoms with Crippen LogP contribution in [0.4, 0.5) is 0 Å². The Bertz CT molecular complexity index is 514. The van der Waals surface area contributed by atoms with Crippen molar-refractivity contribution in [2.24, 2.45) is 11.7 Å². The van der Waals surface area contributed by atoms with E-state index in [0.29, 0.717) is 26.1 Å². The number of piperidine rings is 1. The number of benzene rings is 1. The average molecular weight is 354 g/mol. The van der Waals surface area contributed by atoms with Crippen LogP contribution in [-0.4, -0.2) is 35.8 Å². The van der Waals surface area contributed by atoms with Gasteiger partial charge < -0.3 is 16.0 Å². The summed E-state index contributed by atoms with van der Waals surface area (Å²) in [7, 11) is 0. The van der Waals surface area contributed by atoms with Crippen molar-refractivity contribution in [3.05, 3.63) is 35.9 Å². The molecule has 0 bridgehead atoms. The van der Waals surface area contributed by atoms with Crippen LogP contribution in [0, 0.1) is 5.92 Å². The van der Waals surface area contributed by atoms with E-state index in [1.807, 2.05) is 42.2 Å². The number of hydrogen-bond acceptors (Lipinski definition) is 3. The molecule has 0 spiro atoms. The second-order valence-electron chi connectivity index (χ2n) is 6.37. The van der Waals surface area contributed by atoms with Crippen LogP contribution in [0.5, 0.6) is 0 Å². The second-order valence-corrected chi connectivity index (χ2v) is 6.37. The molecular weight excluding hydrogens is 326 g/mol. The van der Waals surface area contributed by atoms with Crippen molar-refractivity contribution >= 4 is 24.2 Å². The van der Waals surface area contributed by atoms with Crippen LogP contribution in [0.25, 0.3) is 0 Å². The molecule has 0 radical (unpaired) electrons. The van der Waals surface area contributed by atoms with Crippen molar-refractivity contribution in [3.8, 4) is 0 Å². The van der Waals surface area contributed by atoms with Gasteiger partial charge in [0, 0.05) is 38.0 Å². The predicted molar refractivity (Wildman–Crippen MR) is 97.7 cm³/mol. The van der Waals surface area contributed by atoms with Gasteiger partial charge in [-0.15, -0.1) is 12.4 Å². The highest BCUT2D eigenvalue weighted by Gasteiger charge is 2.26. The van der Waals surface area contributed by atoms with Crippen molar-refractivity contribution in [2.45, 2.75) is 45.2 Å². The first-order valence-electron chi connectivity index (χ1n) is 8.41. The van der Waals surface area contributed by atoms with Crippen molar-refractivity contribution in [1.82, 2.24) is 10.2 Å². The summed E-state index contributed by atoms with van der Waals surface area (Å²) < 4.78 is 0. The molecule has 24 heavy (non-hydrogen) atoms. The molecule has 6 heteroatoms. The highest BCUT2D eigenvalue weighted by atomic mass is 35.5. The lowest BCUT2D eigenvalue weighted by molar-refractivity contribution is -0.135. The molecule has 1 saturated heterocycles. The van der Waals surface area contributed by atoms with Gasteiger partial charge in [0.1, 0.15) is 0 Å². The lowest BCUT2D eigenvalue weighted by Crippen LogP contribution is -2.43. The van der Waals surface area contributed by atoms with Gasteiger partial charge in [0.2, 0.25) is 11.8 Å². The van der Waals surface area contributed by atoms with E-state index >= 15 is 0 Å². The van der Waals surface area contributed by atoms with Crippen LogP contribution in [0.2, 0.25) is 0 Å². The first-order valence-corrected chi connectivity index (χ1v) is 8.41. The monoisotopic (exact) mass is 353 g/mol. The van der Waals surface area contributed by atoms with Crippen molar-refractivity contribution < 1.29 is 9.59 Å². The van der Waals surface area contributed by atoms with E-state index in [1.165, 1.54) is 0 Å². The predicted octanol–water partition coefficient (Wildman–Crippen LogP) is 2.09. The summed E-state index contributed by atoms with van der Waals surface area (Å²) in [5.41, 5.74) is 6.79. The molecule has 2 rings (SSSR count). The fourth-order valence-corrected chi connectivity index (χ4v) is 2.83. The molecule has 0 aliphatic carbocycles. The molecule has 1 aromatic carbocycles. The van der Waals surface area contributed by atoms with E-state index in [9.17, 15) is 9.59 Å². The number of hydrogen-bond donors (Lipinski definition) is 2. The summed E-state index contributed by atoms with van der Waals surface area (Å²) in [5.74, 6) is 0.262. The van der Waals surface area contributed by atoms with Gasteiger partial charge >= 0.3 is 0 Å². The van der Waals surface area contributed by atoms with Crippen LogP contribution >= 0.6 is 12.4 Å². The van der Waals surface area contributed by atoms with Gasteiger partial charge in [-0.25, -0.2) is 0 Å². The molecule has 0 aromatic heterocycles. The summed E-state index contributed by atoms with van der Waals surface area (Å²) in [5, 5.41) is 2.99. The Morgan fingerprint density at radius 3 is 2.46 bits per heavy atom. The van der Waals surface area contributed by atoms with Gasteiger partial charge in [0.25, 0.3) is 0 Å². The van der Waals surface area contributed by atoms with Crippen LogP contribution in [-0.2, 0) is 16.1 Å². The third-order valence-electron chi connectivity index (χ3n) is 4.34. The Hall–Kier alpha value is -1.59. The number of amides is 2. The summed E-state index contributed by atoms with van der Waals surface area (Å²) in [6.45, 7) is 3.81. The molecule has 1 fully saturated rings. The standard InChI is InChI=1S/C18H27N3O2.ClH/c1-14(19)7-8-17(22)21-11-9-16(10-12-21)18(23)20-13-15-5-3-2-4-6-15;/h2-6,14,16H,7-13,19H2,1H3,(H,20,23);1H. The zero-order valence-electron chi connectivity index (χ0n) is 14.2. The van der Waals surface area contributed by atoms with Gasteiger partial charge in [-0.3, -0.25) is 9.59 Å². The van der Waals surface area contributed by atoms with Crippen LogP contribution < -0.4 is 11.1 Å². The quantitative estimate of drug-likeness (QED) is 0.822. The molecule has 134 valence electrons. The van der Waals surface area contributed by atoms with Gasteiger partial charge in [0.15, 0.2) is 0 Å². The minimum atomic E-state index is 0. The van der Waals surface area contributed by atoms with E-state index < -0.39 is 0 Å². The van der Waals surface area contributed by atoms with E-state index in [-0.39, 0.29) is 36.2 Å². The molecular formula is C18H28ClN3O2. The van der Waals surface area contributed by atoms with Gasteiger partial charge in [-0.2, -0.15) is 0 Å². The molecule has 1 heterocycles. The smallest absolute Gasteiger partial charge is 0.223 e. The van der Waals surface area contributed by atoms with Gasteiger partial charge in [0.05, 0.1) is 0 Å². The molecule has 1 aliphatic heterocycles. The van der Waals surface area contributed by atoms with Crippen molar-refractivity contribution in [3.63, 3.8) is 0 Å². The fourth-order valence-electron chi connectivity index (χ4n) is 2.83. The molecule has 5 nitrogen and oxygen atoms in total. The maximum atomic E-state index is 12.2. The summed E-state index contributed by atoms with van der Waals surface area (Å²) in [6.07, 6.45) is 2.70. The molecule has 0 saturated carbocycles. The first kappa shape index (κ1) is 20.5. The van der Waals surface area contributed by atoms with E-state index in [2.05, 4.69) is 5.32 Å². The summed E-state index contributed by atoms with van der Waals surface area (Å²) in [4.78, 5) is 26.2. The number of rotatable bonds is 6. The highest BCUT2D eigenvalue weighted by Crippen LogP contribution is 2.18. The Labute approximate surface area is 150 Å². The van der Waals surface area contributed by atoms with Crippen LogP contribution in [0.15, 0.2) is 30.3 Å². The van der Waals surface area contributed by atoms with E-state index in [0.717, 1.165) is 24.8 Å². The number of carbonyl (C=O) groups excluding carboxylic acids is 2. The number of halogens is 1. The molecule has 1 atom stereocenters. The number of carbonyl (C=O) groups is 2. The molecule has 2 amide bonds. The average Bonchev–Trinajstić information content (AvgIpc) is 2.58. The minimum Gasteiger partial charge on any atom is -0.352 e. The topological polar surface area (TPSA) is 75.4 Å². The fraction of sp³-hybridized carbons (Fsp3) is 0.556. The molecule has 1 aliphatic rings. The third-order valence-corrected chi connectivity index (χ3v) is 4.34. The minimum absolute atomic E-state index is 0. The zero-order valence-corrected chi connectivity index (χ0v) is 15.1. The Morgan fingerprint density at radius 1 is 1.25 bits per heavy atom. The number of nitrogens with zero attached hydrogens (tertiary/aromatic N) is 1. The van der Waals surface area contributed by atoms with Gasteiger partial charge in [-0.05, 0) is 31.7 Å². The first-order chi connectivity index (χ1) is 11.1. The summed E-state index contributed by atoms with van der Waals surface area (Å²) in [6, 6.07) is 9.95. The van der Waals surface area contributed by atoms with Crippen LogP contribution in [0.1, 0.15) is 38.2 Å². The number of nitrogens with one attached hydrogen (secondary N) is 1. The third kappa shape index (κ3) is 6.49. The number of likely N-dealkylation sites (tertiary alicyclic amines) is 1. The normalized spacial score (nSPS) is 16.2. The Balaban J connectivity index is 0.00000288. The molecule has 1 unspecified atom stereocenters.